The van der Waals surface area contributed by atoms with E-state index < -0.39 is 20.9 Å². The first-order valence-corrected chi connectivity index (χ1v) is 7.02. The predicted octanol–water partition coefficient (Wildman–Crippen LogP) is 1.55. The highest BCUT2D eigenvalue weighted by molar-refractivity contribution is 9.10. The summed E-state index contributed by atoms with van der Waals surface area (Å²) in [5.41, 5.74) is -0.974. The van der Waals surface area contributed by atoms with E-state index in [1.165, 1.54) is 13.8 Å². The van der Waals surface area contributed by atoms with Crippen molar-refractivity contribution in [1.29, 1.82) is 0 Å². The highest BCUT2D eigenvalue weighted by Gasteiger charge is 2.37. The molecular formula is C10H14BrNO3S. The van der Waals surface area contributed by atoms with E-state index in [1.807, 2.05) is 0 Å². The Morgan fingerprint density at radius 2 is 2.00 bits per heavy atom. The second kappa shape index (κ2) is 4.44. The smallest absolute Gasteiger partial charge is 0.219 e. The molecule has 0 aromatic heterocycles. The molecule has 0 amide bonds. The van der Waals surface area contributed by atoms with Gasteiger partial charge in [-0.3, -0.25) is 0 Å². The molecule has 1 atom stereocenters. The Hall–Kier alpha value is -0.430. The summed E-state index contributed by atoms with van der Waals surface area (Å²) in [7, 11) is -3.86. The lowest BCUT2D eigenvalue weighted by Crippen LogP contribution is -2.38. The van der Waals surface area contributed by atoms with E-state index in [1.54, 1.807) is 24.3 Å². The first-order chi connectivity index (χ1) is 7.12. The average Bonchev–Trinajstić information content (AvgIpc) is 1.97. The Morgan fingerprint density at radius 1 is 1.44 bits per heavy atom. The highest BCUT2D eigenvalue weighted by Crippen LogP contribution is 2.32. The number of hydrogen-bond acceptors (Lipinski definition) is 3. The van der Waals surface area contributed by atoms with Gasteiger partial charge in [0.15, 0.2) is 0 Å². The number of rotatable bonds is 3. The van der Waals surface area contributed by atoms with Gasteiger partial charge in [0, 0.05) is 4.47 Å². The summed E-state index contributed by atoms with van der Waals surface area (Å²) in [6.07, 6.45) is 0. The van der Waals surface area contributed by atoms with Crippen LogP contribution >= 0.6 is 15.9 Å². The molecule has 0 fully saturated rings. The lowest BCUT2D eigenvalue weighted by molar-refractivity contribution is 0.0747. The molecule has 3 N–H and O–H groups in total. The maximum absolute atomic E-state index is 11.5. The number of benzene rings is 1. The molecule has 1 aromatic rings. The van der Waals surface area contributed by atoms with Crippen molar-refractivity contribution >= 4 is 26.0 Å². The zero-order chi connectivity index (χ0) is 12.6. The van der Waals surface area contributed by atoms with Gasteiger partial charge in [-0.05, 0) is 31.5 Å². The van der Waals surface area contributed by atoms with Gasteiger partial charge in [-0.2, -0.15) is 0 Å². The fraction of sp³-hybridized carbons (Fsp3) is 0.400. The Bertz CT molecular complexity index is 479. The molecule has 1 unspecified atom stereocenters. The second-order valence-electron chi connectivity index (χ2n) is 4.18. The first-order valence-electron chi connectivity index (χ1n) is 4.62. The summed E-state index contributed by atoms with van der Waals surface area (Å²) in [5.74, 6) is 0. The van der Waals surface area contributed by atoms with Crippen LogP contribution < -0.4 is 5.14 Å². The van der Waals surface area contributed by atoms with Crippen LogP contribution in [0.1, 0.15) is 24.7 Å². The molecule has 0 saturated heterocycles. The normalized spacial score (nSPS) is 14.8. The molecule has 4 nitrogen and oxygen atoms in total. The average molecular weight is 308 g/mol. The third-order valence-corrected chi connectivity index (χ3v) is 4.12. The molecule has 0 saturated carbocycles. The Morgan fingerprint density at radius 3 is 2.38 bits per heavy atom. The Labute approximate surface area is 104 Å². The van der Waals surface area contributed by atoms with E-state index >= 15 is 0 Å². The van der Waals surface area contributed by atoms with Crippen molar-refractivity contribution in [3.8, 4) is 0 Å². The topological polar surface area (TPSA) is 80.4 Å². The van der Waals surface area contributed by atoms with Crippen LogP contribution in [0.25, 0.3) is 0 Å². The molecule has 6 heteroatoms. The molecule has 1 rings (SSSR count). The summed E-state index contributed by atoms with van der Waals surface area (Å²) in [6, 6.07) is 6.72. The van der Waals surface area contributed by atoms with Crippen LogP contribution in [-0.4, -0.2) is 19.1 Å². The molecule has 0 heterocycles. The van der Waals surface area contributed by atoms with Crippen LogP contribution in [0.2, 0.25) is 0 Å². The highest BCUT2D eigenvalue weighted by atomic mass is 79.9. The number of hydrogen-bond donors (Lipinski definition) is 2. The quantitative estimate of drug-likeness (QED) is 0.889. The standard InChI is InChI=1S/C10H14BrNO3S/c1-10(2,13)9(16(12,14)15)7-4-3-5-8(11)6-7/h3-6,9,13H,1-2H3,(H2,12,14,15). The van der Waals surface area contributed by atoms with Gasteiger partial charge in [-0.15, -0.1) is 0 Å². The van der Waals surface area contributed by atoms with Gasteiger partial charge in [-0.25, -0.2) is 13.6 Å². The minimum absolute atomic E-state index is 0.462. The van der Waals surface area contributed by atoms with Crippen molar-refractivity contribution in [2.45, 2.75) is 24.7 Å². The van der Waals surface area contributed by atoms with Gasteiger partial charge >= 0.3 is 0 Å². The lowest BCUT2D eigenvalue weighted by atomic mass is 9.98. The second-order valence-corrected chi connectivity index (χ2v) is 6.74. The summed E-state index contributed by atoms with van der Waals surface area (Å²) in [5, 5.41) is 13.9. The molecule has 1 aromatic carbocycles. The van der Waals surface area contributed by atoms with Crippen LogP contribution in [0.4, 0.5) is 0 Å². The Kier molecular flexibility index (Phi) is 3.79. The summed E-state index contributed by atoms with van der Waals surface area (Å²) < 4.78 is 23.7. The zero-order valence-corrected chi connectivity index (χ0v) is 11.4. The van der Waals surface area contributed by atoms with Gasteiger partial charge in [0.1, 0.15) is 5.25 Å². The molecule has 0 spiro atoms. The van der Waals surface area contributed by atoms with Crippen molar-refractivity contribution in [3.63, 3.8) is 0 Å². The van der Waals surface area contributed by atoms with Crippen LogP contribution in [0.15, 0.2) is 28.7 Å². The van der Waals surface area contributed by atoms with Gasteiger partial charge in [-0.1, -0.05) is 28.1 Å². The van der Waals surface area contributed by atoms with Crippen molar-refractivity contribution in [2.75, 3.05) is 0 Å². The number of halogens is 1. The molecule has 90 valence electrons. The zero-order valence-electron chi connectivity index (χ0n) is 9.01. The molecule has 16 heavy (non-hydrogen) atoms. The summed E-state index contributed by atoms with van der Waals surface area (Å²) in [4.78, 5) is 0. The number of primary sulfonamides is 1. The van der Waals surface area contributed by atoms with E-state index in [4.69, 9.17) is 5.14 Å². The van der Waals surface area contributed by atoms with E-state index in [0.29, 0.717) is 5.56 Å². The predicted molar refractivity (Wildman–Crippen MR) is 66.3 cm³/mol. The first kappa shape index (κ1) is 13.6. The SMILES string of the molecule is CC(C)(O)C(c1cccc(Br)c1)S(N)(=O)=O. The van der Waals surface area contributed by atoms with Gasteiger partial charge in [0.25, 0.3) is 0 Å². The lowest BCUT2D eigenvalue weighted by Gasteiger charge is -2.27. The van der Waals surface area contributed by atoms with Crippen LogP contribution in [-0.2, 0) is 10.0 Å². The minimum atomic E-state index is -3.86. The van der Waals surface area contributed by atoms with Crippen molar-refractivity contribution < 1.29 is 13.5 Å². The fourth-order valence-corrected chi connectivity index (χ4v) is 3.42. The molecule has 0 aliphatic rings. The largest absolute Gasteiger partial charge is 0.389 e. The maximum atomic E-state index is 11.5. The summed E-state index contributed by atoms with van der Waals surface area (Å²) in [6.45, 7) is 2.84. The number of aliphatic hydroxyl groups is 1. The van der Waals surface area contributed by atoms with E-state index in [0.717, 1.165) is 4.47 Å². The van der Waals surface area contributed by atoms with Gasteiger partial charge in [0.2, 0.25) is 10.0 Å². The number of sulfonamides is 1. The maximum Gasteiger partial charge on any atom is 0.219 e. The van der Waals surface area contributed by atoms with Crippen LogP contribution in [0.3, 0.4) is 0 Å². The van der Waals surface area contributed by atoms with E-state index in [-0.39, 0.29) is 0 Å². The molecule has 0 aliphatic heterocycles. The molecule has 0 bridgehead atoms. The Balaban J connectivity index is 3.34. The molecule has 0 aliphatic carbocycles. The monoisotopic (exact) mass is 307 g/mol. The number of nitrogens with two attached hydrogens (primary N) is 1. The van der Waals surface area contributed by atoms with Crippen molar-refractivity contribution in [3.05, 3.63) is 34.3 Å². The van der Waals surface area contributed by atoms with E-state index in [9.17, 15) is 13.5 Å². The van der Waals surface area contributed by atoms with Crippen LogP contribution in [0, 0.1) is 0 Å². The van der Waals surface area contributed by atoms with Crippen molar-refractivity contribution in [1.82, 2.24) is 0 Å². The third kappa shape index (κ3) is 3.28. The fourth-order valence-electron chi connectivity index (χ4n) is 1.67. The summed E-state index contributed by atoms with van der Waals surface area (Å²) >= 11 is 3.25. The minimum Gasteiger partial charge on any atom is -0.389 e. The van der Waals surface area contributed by atoms with Crippen LogP contribution in [0.5, 0.6) is 0 Å². The van der Waals surface area contributed by atoms with Gasteiger partial charge < -0.3 is 5.11 Å². The molecule has 0 radical (unpaired) electrons. The molecular weight excluding hydrogens is 294 g/mol. The van der Waals surface area contributed by atoms with Crippen molar-refractivity contribution in [2.24, 2.45) is 5.14 Å². The van der Waals surface area contributed by atoms with Gasteiger partial charge in [0.05, 0.1) is 5.60 Å². The third-order valence-electron chi connectivity index (χ3n) is 2.12. The van der Waals surface area contributed by atoms with E-state index in [2.05, 4.69) is 15.9 Å².